The van der Waals surface area contributed by atoms with E-state index < -0.39 is 116 Å². The lowest BCUT2D eigenvalue weighted by Crippen LogP contribution is -2.66. The lowest BCUT2D eigenvalue weighted by Gasteiger charge is -2.45. The average Bonchev–Trinajstić information content (AvgIpc) is 3.19. The molecule has 15 atom stereocenters. The van der Waals surface area contributed by atoms with Crippen LogP contribution in [0.4, 0.5) is 0 Å². The molecule has 0 amide bonds. The van der Waals surface area contributed by atoms with Gasteiger partial charge in [0.2, 0.25) is 0 Å². The van der Waals surface area contributed by atoms with E-state index in [-0.39, 0.29) is 6.29 Å². The van der Waals surface area contributed by atoms with E-state index in [0.29, 0.717) is 0 Å². The molecule has 0 aromatic heterocycles. The smallest absolute Gasteiger partial charge is 0.188 e. The molecule has 3 fully saturated rings. The lowest BCUT2D eigenvalue weighted by atomic mass is 9.81. The second-order valence-corrected chi connectivity index (χ2v) is 9.92. The van der Waals surface area contributed by atoms with Gasteiger partial charge in [-0.1, -0.05) is 0 Å². The van der Waals surface area contributed by atoms with E-state index in [0.717, 1.165) is 0 Å². The first-order chi connectivity index (χ1) is 19.2. The highest BCUT2D eigenvalue weighted by atomic mass is 16.8. The van der Waals surface area contributed by atoms with Crippen LogP contribution in [0.15, 0.2) is 9.98 Å². The Labute approximate surface area is 233 Å². The van der Waals surface area contributed by atoms with Crippen molar-refractivity contribution in [2.45, 2.75) is 91.2 Å². The molecule has 3 aliphatic rings. The molecule has 3 rings (SSSR count). The number of nitrogens with one attached hydrogen (secondary N) is 1. The van der Waals surface area contributed by atoms with Crippen molar-refractivity contribution in [3.05, 3.63) is 0 Å². The molecule has 20 heteroatoms. The Hall–Kier alpha value is -2.31. The molecule has 2 heterocycles. The Morgan fingerprint density at radius 3 is 1.98 bits per heavy atom. The number of aliphatic imine (C=N–C) groups is 2. The van der Waals surface area contributed by atoms with Gasteiger partial charge in [0.05, 0.1) is 19.3 Å². The number of carbonyl (C=O) groups excluding carboxylic acids is 1. The second-order valence-electron chi connectivity index (χ2n) is 9.92. The number of nitrogens with zero attached hydrogens (tertiary/aromatic N) is 2. The number of nitrogens with two attached hydrogens (primary N) is 4. The molecule has 1 aliphatic carbocycles. The molecule has 0 aromatic rings. The zero-order chi connectivity index (χ0) is 30.8. The van der Waals surface area contributed by atoms with Gasteiger partial charge in [-0.25, -0.2) is 9.98 Å². The molecule has 0 bridgehead atoms. The van der Waals surface area contributed by atoms with Crippen LogP contribution >= 0.6 is 0 Å². The number of aliphatic hydroxyl groups excluding tert-OH is 7. The summed E-state index contributed by atoms with van der Waals surface area (Å²) >= 11 is 0. The van der Waals surface area contributed by atoms with Crippen LogP contribution in [0.2, 0.25) is 0 Å². The van der Waals surface area contributed by atoms with Crippen molar-refractivity contribution in [3.8, 4) is 0 Å². The molecule has 0 aromatic carbocycles. The van der Waals surface area contributed by atoms with Crippen molar-refractivity contribution in [1.29, 1.82) is 0 Å². The van der Waals surface area contributed by atoms with Gasteiger partial charge in [0.15, 0.2) is 36.4 Å². The highest BCUT2D eigenvalue weighted by Gasteiger charge is 2.62. The van der Waals surface area contributed by atoms with E-state index in [9.17, 15) is 45.6 Å². The predicted molar refractivity (Wildman–Crippen MR) is 134 cm³/mol. The van der Waals surface area contributed by atoms with Crippen LogP contribution in [-0.4, -0.2) is 171 Å². The lowest BCUT2D eigenvalue weighted by molar-refractivity contribution is -0.314. The third kappa shape index (κ3) is 6.39. The highest BCUT2D eigenvalue weighted by molar-refractivity contribution is 5.76. The summed E-state index contributed by atoms with van der Waals surface area (Å²) in [6.07, 6.45) is -18.6. The topological polar surface area (TPSA) is 357 Å². The Kier molecular flexibility index (Phi) is 10.8. The van der Waals surface area contributed by atoms with Crippen molar-refractivity contribution in [2.24, 2.45) is 32.9 Å². The number of rotatable bonds is 10. The third-order valence-electron chi connectivity index (χ3n) is 7.33. The van der Waals surface area contributed by atoms with Gasteiger partial charge in [0.25, 0.3) is 0 Å². The van der Waals surface area contributed by atoms with E-state index in [1.54, 1.807) is 0 Å². The van der Waals surface area contributed by atoms with Crippen LogP contribution in [0.1, 0.15) is 0 Å². The van der Waals surface area contributed by atoms with Gasteiger partial charge >= 0.3 is 0 Å². The zero-order valence-corrected chi connectivity index (χ0v) is 21.9. The fourth-order valence-electron chi connectivity index (χ4n) is 5.16. The summed E-state index contributed by atoms with van der Waals surface area (Å²) in [6.45, 7) is -1.67. The molecule has 17 N–H and O–H groups in total. The Bertz CT molecular complexity index is 957. The molecule has 20 nitrogen and oxygen atoms in total. The number of carbonyl (C=O) groups is 1. The summed E-state index contributed by atoms with van der Waals surface area (Å²) in [5.41, 5.74) is 19.1. The first-order valence-corrected chi connectivity index (χ1v) is 12.5. The highest BCUT2D eigenvalue weighted by Crippen LogP contribution is 2.38. The fourth-order valence-corrected chi connectivity index (χ4v) is 5.16. The van der Waals surface area contributed by atoms with Crippen molar-refractivity contribution in [3.63, 3.8) is 0 Å². The molecule has 0 unspecified atom stereocenters. The van der Waals surface area contributed by atoms with Crippen LogP contribution in [0.5, 0.6) is 0 Å². The molecule has 2 saturated heterocycles. The predicted octanol–water partition coefficient (Wildman–Crippen LogP) is -9.19. The SMILES string of the molecule is CN[C@@H]1[C@H](O[C@H]2[C@H](O[C@@H]3[C@@H](O)[C@H](O)[C@@H](N=C(N)N)[C@H](O)[C@H]3N=C(N)N)O[C@@H](CO)[C@]2(O)C=O)O[C@@H](CO)[C@H](O)[C@H]1O. The Morgan fingerprint density at radius 1 is 0.854 bits per heavy atom. The largest absolute Gasteiger partial charge is 0.394 e. The van der Waals surface area contributed by atoms with E-state index in [1.165, 1.54) is 7.05 Å². The van der Waals surface area contributed by atoms with Crippen LogP contribution in [0.25, 0.3) is 0 Å². The van der Waals surface area contributed by atoms with E-state index in [2.05, 4.69) is 15.3 Å². The maximum atomic E-state index is 12.1. The van der Waals surface area contributed by atoms with Gasteiger partial charge in [-0.3, -0.25) is 4.79 Å². The molecule has 0 radical (unpaired) electrons. The van der Waals surface area contributed by atoms with E-state index in [4.69, 9.17) is 41.9 Å². The quantitative estimate of drug-likeness (QED) is 0.0631. The number of likely N-dealkylation sites (N-methyl/N-ethyl adjacent to an activating group) is 1. The minimum absolute atomic E-state index is 0.0111. The number of hydrogen-bond donors (Lipinski definition) is 13. The standard InChI is InChI=1S/C21H39N7O13/c1-26-9-13(35)10(32)5(2-29)38-17(9)41-16-18(39-6(3-30)21(16,37)4-31)40-15-8(28-20(24)25)11(33)7(27-19(22)23)12(34)14(15)36/h4-18,26,29-30,32-37H,2-3H2,1H3,(H4,22,23,27)(H4,24,25,28)/t5-,6-,7-,8+,9-,10-,11-,12+,13-,14-,15-,16-,17-,18-,21+/m0/s1. The van der Waals surface area contributed by atoms with E-state index in [1.807, 2.05) is 0 Å². The first-order valence-electron chi connectivity index (χ1n) is 12.5. The minimum Gasteiger partial charge on any atom is -0.394 e. The summed E-state index contributed by atoms with van der Waals surface area (Å²) in [4.78, 5) is 19.7. The fraction of sp³-hybridized carbons (Fsp3) is 0.857. The van der Waals surface area contributed by atoms with Gasteiger partial charge in [0, 0.05) is 0 Å². The number of hydrogen-bond acceptors (Lipinski definition) is 16. The summed E-state index contributed by atoms with van der Waals surface area (Å²) in [5, 5.41) is 86.5. The molecular weight excluding hydrogens is 558 g/mol. The van der Waals surface area contributed by atoms with Crippen LogP contribution in [-0.2, 0) is 23.7 Å². The van der Waals surface area contributed by atoms with Crippen molar-refractivity contribution in [1.82, 2.24) is 5.32 Å². The van der Waals surface area contributed by atoms with Gasteiger partial charge in [0.1, 0.15) is 67.0 Å². The summed E-state index contributed by atoms with van der Waals surface area (Å²) in [7, 11) is 1.38. The summed E-state index contributed by atoms with van der Waals surface area (Å²) in [5.74, 6) is -1.10. The van der Waals surface area contributed by atoms with Crippen molar-refractivity contribution >= 4 is 18.2 Å². The van der Waals surface area contributed by atoms with Gasteiger partial charge in [-0.05, 0) is 7.05 Å². The number of guanidine groups is 2. The number of aldehydes is 1. The van der Waals surface area contributed by atoms with Crippen molar-refractivity contribution < 1.29 is 64.6 Å². The number of ether oxygens (including phenoxy) is 4. The van der Waals surface area contributed by atoms with Crippen LogP contribution in [0.3, 0.4) is 0 Å². The maximum absolute atomic E-state index is 12.1. The average molecular weight is 598 g/mol. The zero-order valence-electron chi connectivity index (χ0n) is 21.9. The number of aliphatic hydroxyl groups is 8. The second kappa shape index (κ2) is 13.3. The minimum atomic E-state index is -2.62. The van der Waals surface area contributed by atoms with Crippen LogP contribution in [0, 0.1) is 0 Å². The monoisotopic (exact) mass is 597 g/mol. The molecule has 41 heavy (non-hydrogen) atoms. The van der Waals surface area contributed by atoms with Crippen LogP contribution < -0.4 is 28.3 Å². The van der Waals surface area contributed by atoms with Crippen molar-refractivity contribution in [2.75, 3.05) is 20.3 Å². The molecule has 2 aliphatic heterocycles. The molecular formula is C21H39N7O13. The molecule has 1 saturated carbocycles. The first kappa shape index (κ1) is 33.2. The summed E-state index contributed by atoms with van der Waals surface area (Å²) < 4.78 is 22.7. The normalized spacial score (nSPS) is 46.6. The third-order valence-corrected chi connectivity index (χ3v) is 7.33. The van der Waals surface area contributed by atoms with Gasteiger partial charge < -0.3 is 88.1 Å². The summed E-state index contributed by atoms with van der Waals surface area (Å²) in [6, 6.07) is -4.25. The van der Waals surface area contributed by atoms with Gasteiger partial charge in [-0.2, -0.15) is 0 Å². The van der Waals surface area contributed by atoms with E-state index >= 15 is 0 Å². The Balaban J connectivity index is 1.99. The maximum Gasteiger partial charge on any atom is 0.188 e. The molecule has 0 spiro atoms. The Morgan fingerprint density at radius 2 is 1.46 bits per heavy atom. The van der Waals surface area contributed by atoms with Gasteiger partial charge in [-0.15, -0.1) is 0 Å². The molecule has 236 valence electrons.